The van der Waals surface area contributed by atoms with E-state index in [1.807, 2.05) is 10.8 Å². The van der Waals surface area contributed by atoms with Crippen molar-refractivity contribution in [3.63, 3.8) is 0 Å². The number of halogens is 1. The molecule has 158 valence electrons. The zero-order valence-corrected chi connectivity index (χ0v) is 17.7. The van der Waals surface area contributed by atoms with Gasteiger partial charge in [0.05, 0.1) is 16.2 Å². The van der Waals surface area contributed by atoms with Crippen LogP contribution in [0.25, 0.3) is 0 Å². The number of piperidine rings is 1. The molecule has 0 unspecified atom stereocenters. The van der Waals surface area contributed by atoms with Gasteiger partial charge in [0.1, 0.15) is 5.75 Å². The molecule has 0 bridgehead atoms. The Morgan fingerprint density at radius 3 is 2.72 bits per heavy atom. The number of benzene rings is 1. The van der Waals surface area contributed by atoms with Crippen LogP contribution in [0.5, 0.6) is 5.75 Å². The summed E-state index contributed by atoms with van der Waals surface area (Å²) in [7, 11) is -3.56. The van der Waals surface area contributed by atoms with Crippen LogP contribution in [0.2, 0.25) is 5.02 Å². The third-order valence-electron chi connectivity index (χ3n) is 4.69. The van der Waals surface area contributed by atoms with Gasteiger partial charge in [0.15, 0.2) is 6.61 Å². The molecule has 2 aromatic rings. The number of imidazole rings is 1. The number of hydrogen-bond donors (Lipinski definition) is 1. The van der Waals surface area contributed by atoms with Crippen LogP contribution >= 0.6 is 11.6 Å². The lowest BCUT2D eigenvalue weighted by Gasteiger charge is -2.26. The van der Waals surface area contributed by atoms with Crippen molar-refractivity contribution in [2.75, 3.05) is 26.2 Å². The minimum Gasteiger partial charge on any atom is -0.482 e. The largest absolute Gasteiger partial charge is 0.482 e. The Labute approximate surface area is 175 Å². The lowest BCUT2D eigenvalue weighted by Crippen LogP contribution is -2.35. The third-order valence-corrected chi connectivity index (χ3v) is 6.88. The fourth-order valence-electron chi connectivity index (χ4n) is 3.12. The van der Waals surface area contributed by atoms with Crippen molar-refractivity contribution in [3.8, 4) is 5.75 Å². The molecule has 1 fully saturated rings. The first-order chi connectivity index (χ1) is 14.0. The molecule has 1 aliphatic rings. The average molecular weight is 441 g/mol. The van der Waals surface area contributed by atoms with E-state index in [-0.39, 0.29) is 28.2 Å². The van der Waals surface area contributed by atoms with E-state index in [4.69, 9.17) is 16.3 Å². The van der Waals surface area contributed by atoms with Gasteiger partial charge < -0.3 is 14.6 Å². The molecule has 2 heterocycles. The summed E-state index contributed by atoms with van der Waals surface area (Å²) < 4.78 is 34.3. The highest BCUT2D eigenvalue weighted by molar-refractivity contribution is 7.89. The van der Waals surface area contributed by atoms with E-state index in [0.717, 1.165) is 32.2 Å². The second-order valence-electron chi connectivity index (χ2n) is 6.85. The molecule has 1 aliphatic heterocycles. The zero-order valence-electron chi connectivity index (χ0n) is 16.1. The van der Waals surface area contributed by atoms with E-state index < -0.39 is 10.0 Å². The number of aromatic nitrogens is 2. The number of nitrogens with zero attached hydrogens (tertiary/aromatic N) is 3. The fraction of sp³-hybridized carbons (Fsp3) is 0.474. The predicted octanol–water partition coefficient (Wildman–Crippen LogP) is 2.30. The van der Waals surface area contributed by atoms with Crippen molar-refractivity contribution in [2.45, 2.75) is 37.1 Å². The summed E-state index contributed by atoms with van der Waals surface area (Å²) in [6.07, 6.45) is 8.84. The minimum absolute atomic E-state index is 0.140. The molecular weight excluding hydrogens is 416 g/mol. The third kappa shape index (κ3) is 5.94. The highest BCUT2D eigenvalue weighted by Gasteiger charge is 2.26. The van der Waals surface area contributed by atoms with Gasteiger partial charge in [-0.3, -0.25) is 4.79 Å². The summed E-state index contributed by atoms with van der Waals surface area (Å²) >= 11 is 6.19. The standard InChI is InChI=1S/C19H25ClN4O4S/c20-17-13-16(29(26,27)24-10-2-1-3-11-24)5-6-18(17)28-14-19(25)22-7-4-9-23-12-8-21-15-23/h5-6,8,12-13,15H,1-4,7,9-11,14H2,(H,22,25). The lowest BCUT2D eigenvalue weighted by molar-refractivity contribution is -0.123. The Balaban J connectivity index is 1.48. The van der Waals surface area contributed by atoms with Gasteiger partial charge in [-0.25, -0.2) is 13.4 Å². The molecule has 1 aromatic carbocycles. The monoisotopic (exact) mass is 440 g/mol. The highest BCUT2D eigenvalue weighted by Crippen LogP contribution is 2.29. The molecule has 8 nitrogen and oxygen atoms in total. The highest BCUT2D eigenvalue weighted by atomic mass is 35.5. The van der Waals surface area contributed by atoms with Crippen LogP contribution in [0.3, 0.4) is 0 Å². The summed E-state index contributed by atoms with van der Waals surface area (Å²) in [5.74, 6) is 0.00883. The van der Waals surface area contributed by atoms with E-state index in [2.05, 4.69) is 10.3 Å². The van der Waals surface area contributed by atoms with Crippen LogP contribution in [-0.4, -0.2) is 54.4 Å². The predicted molar refractivity (Wildman–Crippen MR) is 109 cm³/mol. The van der Waals surface area contributed by atoms with Gasteiger partial charge >= 0.3 is 0 Å². The van der Waals surface area contributed by atoms with Gasteiger partial charge in [-0.2, -0.15) is 4.31 Å². The lowest BCUT2D eigenvalue weighted by atomic mass is 10.2. The normalized spacial score (nSPS) is 15.2. The molecule has 0 saturated carbocycles. The second kappa shape index (κ2) is 10.1. The van der Waals surface area contributed by atoms with Crippen molar-refractivity contribution in [2.24, 2.45) is 0 Å². The maximum Gasteiger partial charge on any atom is 0.257 e. The van der Waals surface area contributed by atoms with E-state index in [1.165, 1.54) is 22.5 Å². The number of amides is 1. The summed E-state index contributed by atoms with van der Waals surface area (Å²) in [5, 5.41) is 2.93. The van der Waals surface area contributed by atoms with Gasteiger partial charge in [0.2, 0.25) is 10.0 Å². The van der Waals surface area contributed by atoms with Crippen LogP contribution in [0.15, 0.2) is 41.8 Å². The van der Waals surface area contributed by atoms with Crippen LogP contribution in [0.4, 0.5) is 0 Å². The number of ether oxygens (including phenoxy) is 1. The Morgan fingerprint density at radius 1 is 1.24 bits per heavy atom. The Bertz CT molecular complexity index is 912. The summed E-state index contributed by atoms with van der Waals surface area (Å²) in [6.45, 7) is 2.14. The molecule has 1 aromatic heterocycles. The molecule has 29 heavy (non-hydrogen) atoms. The van der Waals surface area contributed by atoms with Gasteiger partial charge in [-0.15, -0.1) is 0 Å². The number of hydrogen-bond acceptors (Lipinski definition) is 5. The molecule has 0 atom stereocenters. The molecule has 0 radical (unpaired) electrons. The molecule has 1 amide bonds. The Hall–Kier alpha value is -2.10. The van der Waals surface area contributed by atoms with Gasteiger partial charge in [0.25, 0.3) is 5.91 Å². The van der Waals surface area contributed by atoms with Crippen molar-refractivity contribution in [3.05, 3.63) is 41.9 Å². The number of carbonyl (C=O) groups excluding carboxylic acids is 1. The van der Waals surface area contributed by atoms with Gasteiger partial charge in [-0.1, -0.05) is 18.0 Å². The summed E-state index contributed by atoms with van der Waals surface area (Å²) in [6, 6.07) is 4.34. The molecular formula is C19H25ClN4O4S. The zero-order chi connectivity index (χ0) is 20.7. The topological polar surface area (TPSA) is 93.5 Å². The van der Waals surface area contributed by atoms with Crippen molar-refractivity contribution in [1.29, 1.82) is 0 Å². The van der Waals surface area contributed by atoms with Crippen LogP contribution in [0.1, 0.15) is 25.7 Å². The second-order valence-corrected chi connectivity index (χ2v) is 9.19. The minimum atomic E-state index is -3.56. The fourth-order valence-corrected chi connectivity index (χ4v) is 4.96. The first-order valence-corrected chi connectivity index (χ1v) is 11.4. The summed E-state index contributed by atoms with van der Waals surface area (Å²) in [5.41, 5.74) is 0. The number of nitrogens with one attached hydrogen (secondary N) is 1. The van der Waals surface area contributed by atoms with E-state index in [0.29, 0.717) is 19.6 Å². The van der Waals surface area contributed by atoms with Crippen molar-refractivity contribution >= 4 is 27.5 Å². The van der Waals surface area contributed by atoms with Gasteiger partial charge in [0, 0.05) is 38.6 Å². The van der Waals surface area contributed by atoms with Crippen LogP contribution in [-0.2, 0) is 21.4 Å². The number of aryl methyl sites for hydroxylation is 1. The van der Waals surface area contributed by atoms with Crippen molar-refractivity contribution in [1.82, 2.24) is 19.2 Å². The first-order valence-electron chi connectivity index (χ1n) is 9.62. The molecule has 0 spiro atoms. The first kappa shape index (κ1) is 21.6. The molecule has 1 N–H and O–H groups in total. The number of sulfonamides is 1. The van der Waals surface area contributed by atoms with E-state index in [9.17, 15) is 13.2 Å². The van der Waals surface area contributed by atoms with Crippen molar-refractivity contribution < 1.29 is 17.9 Å². The SMILES string of the molecule is O=C(COc1ccc(S(=O)(=O)N2CCCCC2)cc1Cl)NCCCn1ccnc1. The average Bonchev–Trinajstić information content (AvgIpc) is 3.24. The quantitative estimate of drug-likeness (QED) is 0.604. The van der Waals surface area contributed by atoms with Gasteiger partial charge in [-0.05, 0) is 37.5 Å². The molecule has 3 rings (SSSR count). The Morgan fingerprint density at radius 2 is 2.03 bits per heavy atom. The van der Waals surface area contributed by atoms with Crippen LogP contribution < -0.4 is 10.1 Å². The van der Waals surface area contributed by atoms with E-state index >= 15 is 0 Å². The Kier molecular flexibility index (Phi) is 7.51. The smallest absolute Gasteiger partial charge is 0.257 e. The maximum atomic E-state index is 12.7. The van der Waals surface area contributed by atoms with E-state index in [1.54, 1.807) is 12.5 Å². The summed E-state index contributed by atoms with van der Waals surface area (Å²) in [4.78, 5) is 16.0. The molecule has 1 saturated heterocycles. The number of rotatable bonds is 9. The molecule has 10 heteroatoms. The molecule has 0 aliphatic carbocycles. The number of carbonyl (C=O) groups is 1. The maximum absolute atomic E-state index is 12.7. The van der Waals surface area contributed by atoms with Crippen LogP contribution in [0, 0.1) is 0 Å².